The average molecular weight is 414 g/mol. The van der Waals surface area contributed by atoms with E-state index in [0.717, 1.165) is 27.9 Å². The van der Waals surface area contributed by atoms with E-state index in [1.165, 1.54) is 0 Å². The van der Waals surface area contributed by atoms with Crippen molar-refractivity contribution >= 4 is 11.6 Å². The molecule has 1 unspecified atom stereocenters. The molecule has 0 spiro atoms. The summed E-state index contributed by atoms with van der Waals surface area (Å²) in [5.74, 6) is 0. The molecule has 1 heterocycles. The van der Waals surface area contributed by atoms with E-state index in [0.29, 0.717) is 17.2 Å². The summed E-state index contributed by atoms with van der Waals surface area (Å²) in [6.07, 6.45) is 3.22. The van der Waals surface area contributed by atoms with Crippen molar-refractivity contribution in [3.05, 3.63) is 113 Å². The number of aryl methyl sites for hydroxylation is 1. The average Bonchev–Trinajstić information content (AvgIpc) is 3.20. The molecule has 0 radical (unpaired) electrons. The predicted molar refractivity (Wildman–Crippen MR) is 118 cm³/mol. The summed E-state index contributed by atoms with van der Waals surface area (Å²) in [6, 6.07) is 25.6. The van der Waals surface area contributed by atoms with Crippen LogP contribution >= 0.6 is 11.6 Å². The third-order valence-electron chi connectivity index (χ3n) is 5.01. The molecule has 5 heteroatoms. The molecule has 0 bridgehead atoms. The van der Waals surface area contributed by atoms with Crippen LogP contribution in [0.3, 0.4) is 0 Å². The van der Waals surface area contributed by atoms with Crippen LogP contribution < -0.4 is 0 Å². The van der Waals surface area contributed by atoms with Gasteiger partial charge in [0.15, 0.2) is 0 Å². The van der Waals surface area contributed by atoms with E-state index in [1.54, 1.807) is 6.33 Å². The van der Waals surface area contributed by atoms with Gasteiger partial charge in [-0.2, -0.15) is 5.26 Å². The Bertz CT molecular complexity index is 1190. The van der Waals surface area contributed by atoms with Crippen LogP contribution in [-0.4, -0.2) is 9.55 Å². The number of aromatic nitrogens is 2. The maximum Gasteiger partial charge on any atom is 0.124 e. The molecule has 0 saturated heterocycles. The third-order valence-corrected chi connectivity index (χ3v) is 5.34. The zero-order chi connectivity index (χ0) is 20.9. The van der Waals surface area contributed by atoms with Crippen LogP contribution in [0.2, 0.25) is 5.02 Å². The van der Waals surface area contributed by atoms with Gasteiger partial charge >= 0.3 is 0 Å². The van der Waals surface area contributed by atoms with Crippen LogP contribution in [0.25, 0.3) is 11.1 Å². The summed E-state index contributed by atoms with van der Waals surface area (Å²) < 4.78 is 8.30. The number of halogens is 1. The highest BCUT2D eigenvalue weighted by Gasteiger charge is 2.21. The van der Waals surface area contributed by atoms with Crippen molar-refractivity contribution in [3.63, 3.8) is 0 Å². The summed E-state index contributed by atoms with van der Waals surface area (Å²) in [5, 5.41) is 10.2. The zero-order valence-corrected chi connectivity index (χ0v) is 17.3. The van der Waals surface area contributed by atoms with Gasteiger partial charge in [0, 0.05) is 23.2 Å². The first-order valence-electron chi connectivity index (χ1n) is 9.58. The minimum absolute atomic E-state index is 0.341. The highest BCUT2D eigenvalue weighted by atomic mass is 35.5. The first kappa shape index (κ1) is 19.9. The second kappa shape index (κ2) is 8.96. The number of rotatable bonds is 6. The minimum Gasteiger partial charge on any atom is -0.363 e. The van der Waals surface area contributed by atoms with Gasteiger partial charge < -0.3 is 9.30 Å². The minimum atomic E-state index is -0.341. The van der Waals surface area contributed by atoms with E-state index in [9.17, 15) is 5.26 Å². The van der Waals surface area contributed by atoms with E-state index in [4.69, 9.17) is 16.3 Å². The van der Waals surface area contributed by atoms with Crippen molar-refractivity contribution < 1.29 is 4.74 Å². The first-order chi connectivity index (χ1) is 14.7. The van der Waals surface area contributed by atoms with Gasteiger partial charge in [0.2, 0.25) is 0 Å². The molecule has 1 aromatic heterocycles. The fourth-order valence-corrected chi connectivity index (χ4v) is 3.69. The summed E-state index contributed by atoms with van der Waals surface area (Å²) in [4.78, 5) is 4.26. The monoisotopic (exact) mass is 413 g/mol. The summed E-state index contributed by atoms with van der Waals surface area (Å²) in [6.45, 7) is 0.456. The number of hydrogen-bond acceptors (Lipinski definition) is 3. The number of hydrogen-bond donors (Lipinski definition) is 0. The maximum atomic E-state index is 9.64. The Labute approximate surface area is 181 Å². The SMILES string of the molecule is Cn1cncc1C(OCc1ccccc1)c1ccc(C#N)c(-c2ccccc2Cl)c1. The highest BCUT2D eigenvalue weighted by Crippen LogP contribution is 2.35. The molecule has 148 valence electrons. The van der Waals surface area contributed by atoms with Gasteiger partial charge in [-0.25, -0.2) is 4.98 Å². The number of nitriles is 1. The molecule has 0 aliphatic heterocycles. The summed E-state index contributed by atoms with van der Waals surface area (Å²) in [5.41, 5.74) is 5.13. The van der Waals surface area contributed by atoms with Crippen molar-refractivity contribution in [1.29, 1.82) is 5.26 Å². The molecular weight excluding hydrogens is 394 g/mol. The Morgan fingerprint density at radius 3 is 2.50 bits per heavy atom. The number of benzene rings is 3. The van der Waals surface area contributed by atoms with Crippen molar-refractivity contribution in [2.45, 2.75) is 12.7 Å². The zero-order valence-electron chi connectivity index (χ0n) is 16.5. The van der Waals surface area contributed by atoms with Crippen LogP contribution in [-0.2, 0) is 18.4 Å². The fourth-order valence-electron chi connectivity index (χ4n) is 3.45. The third kappa shape index (κ3) is 4.13. The lowest BCUT2D eigenvalue weighted by atomic mass is 9.95. The standard InChI is InChI=1S/C25H20ClN3O/c1-29-17-28-15-24(29)25(30-16-18-7-3-2-4-8-18)19-11-12-20(14-27)22(13-19)21-9-5-6-10-23(21)26/h2-13,15,17,25H,16H2,1H3. The second-order valence-electron chi connectivity index (χ2n) is 7.00. The van der Waals surface area contributed by atoms with E-state index in [-0.39, 0.29) is 6.10 Å². The molecule has 4 nitrogen and oxygen atoms in total. The first-order valence-corrected chi connectivity index (χ1v) is 9.96. The molecule has 0 fully saturated rings. The lowest BCUT2D eigenvalue weighted by molar-refractivity contribution is 0.0622. The molecule has 0 aliphatic carbocycles. The summed E-state index contributed by atoms with van der Waals surface area (Å²) >= 11 is 6.43. The normalized spacial score (nSPS) is 11.8. The van der Waals surface area contributed by atoms with E-state index < -0.39 is 0 Å². The van der Waals surface area contributed by atoms with Gasteiger partial charge in [0.25, 0.3) is 0 Å². The molecule has 0 saturated carbocycles. The molecule has 0 N–H and O–H groups in total. The van der Waals surface area contributed by atoms with Gasteiger partial charge in [-0.15, -0.1) is 0 Å². The Hall–Kier alpha value is -3.39. The maximum absolute atomic E-state index is 9.64. The van der Waals surface area contributed by atoms with Gasteiger partial charge in [0.05, 0.1) is 36.5 Å². The Morgan fingerprint density at radius 2 is 1.80 bits per heavy atom. The van der Waals surface area contributed by atoms with Crippen LogP contribution in [0.5, 0.6) is 0 Å². The van der Waals surface area contributed by atoms with Crippen molar-refractivity contribution in [2.75, 3.05) is 0 Å². The smallest absolute Gasteiger partial charge is 0.124 e. The van der Waals surface area contributed by atoms with Crippen LogP contribution in [0.15, 0.2) is 85.3 Å². The molecular formula is C25H20ClN3O. The Kier molecular flexibility index (Phi) is 5.94. The quantitative estimate of drug-likeness (QED) is 0.394. The van der Waals surface area contributed by atoms with Crippen LogP contribution in [0, 0.1) is 11.3 Å². The lowest BCUT2D eigenvalue weighted by Crippen LogP contribution is -2.11. The van der Waals surface area contributed by atoms with E-state index >= 15 is 0 Å². The largest absolute Gasteiger partial charge is 0.363 e. The second-order valence-corrected chi connectivity index (χ2v) is 7.41. The number of imidazole rings is 1. The predicted octanol–water partition coefficient (Wildman–Crippen LogP) is 5.92. The summed E-state index contributed by atoms with van der Waals surface area (Å²) in [7, 11) is 1.94. The van der Waals surface area contributed by atoms with Crippen molar-refractivity contribution in [1.82, 2.24) is 9.55 Å². The molecule has 4 rings (SSSR count). The van der Waals surface area contributed by atoms with Crippen LogP contribution in [0.1, 0.15) is 28.5 Å². The van der Waals surface area contributed by atoms with Crippen molar-refractivity contribution in [2.24, 2.45) is 7.05 Å². The van der Waals surface area contributed by atoms with Gasteiger partial charge in [-0.3, -0.25) is 0 Å². The molecule has 4 aromatic rings. The molecule has 30 heavy (non-hydrogen) atoms. The lowest BCUT2D eigenvalue weighted by Gasteiger charge is -2.20. The van der Waals surface area contributed by atoms with E-state index in [2.05, 4.69) is 11.1 Å². The van der Waals surface area contributed by atoms with Crippen molar-refractivity contribution in [3.8, 4) is 17.2 Å². The molecule has 0 aliphatic rings. The molecule has 3 aromatic carbocycles. The number of ether oxygens (including phenoxy) is 1. The Morgan fingerprint density at radius 1 is 1.03 bits per heavy atom. The number of nitrogens with zero attached hydrogens (tertiary/aromatic N) is 3. The highest BCUT2D eigenvalue weighted by molar-refractivity contribution is 6.33. The van der Waals surface area contributed by atoms with E-state index in [1.807, 2.05) is 90.6 Å². The van der Waals surface area contributed by atoms with Gasteiger partial charge in [-0.1, -0.05) is 66.2 Å². The Balaban J connectivity index is 1.77. The molecule has 0 amide bonds. The van der Waals surface area contributed by atoms with Gasteiger partial charge in [0.1, 0.15) is 6.10 Å². The van der Waals surface area contributed by atoms with Gasteiger partial charge in [-0.05, 0) is 29.3 Å². The fraction of sp³-hybridized carbons (Fsp3) is 0.120. The van der Waals surface area contributed by atoms with Crippen LogP contribution in [0.4, 0.5) is 0 Å². The molecule has 1 atom stereocenters. The topological polar surface area (TPSA) is 50.8 Å².